The normalized spacial score (nSPS) is 17.5. The third-order valence-corrected chi connectivity index (χ3v) is 8.94. The molecule has 0 spiro atoms. The zero-order valence-electron chi connectivity index (χ0n) is 32.2. The molecule has 17 heteroatoms. The Kier molecular flexibility index (Phi) is 13.2. The van der Waals surface area contributed by atoms with Crippen molar-refractivity contribution >= 4 is 35.8 Å². The van der Waals surface area contributed by atoms with E-state index in [1.165, 1.54) is 100 Å². The van der Waals surface area contributed by atoms with Crippen LogP contribution < -0.4 is 33.2 Å². The Balaban J connectivity index is 1.03. The van der Waals surface area contributed by atoms with Gasteiger partial charge in [0, 0.05) is 12.2 Å². The monoisotopic (exact) mass is 824 g/mol. The fourth-order valence-electron chi connectivity index (χ4n) is 5.96. The zero-order valence-corrected chi connectivity index (χ0v) is 32.2. The molecule has 4 unspecified atom stereocenters. The molecule has 6 rings (SSSR count). The summed E-state index contributed by atoms with van der Waals surface area (Å²) in [5.41, 5.74) is 0.375. The van der Waals surface area contributed by atoms with Crippen LogP contribution >= 0.6 is 0 Å². The summed E-state index contributed by atoms with van der Waals surface area (Å²) in [5.74, 6) is -3.85. The van der Waals surface area contributed by atoms with Gasteiger partial charge in [-0.1, -0.05) is 13.2 Å². The maximum Gasteiger partial charge on any atom is 0.343 e. The fourth-order valence-corrected chi connectivity index (χ4v) is 5.96. The van der Waals surface area contributed by atoms with Gasteiger partial charge in [0.2, 0.25) is 0 Å². The molecule has 0 bridgehead atoms. The summed E-state index contributed by atoms with van der Waals surface area (Å²) in [7, 11) is 4.00. The maximum absolute atomic E-state index is 13.3. The first-order chi connectivity index (χ1) is 28.9. The van der Waals surface area contributed by atoms with Crippen LogP contribution in [-0.2, 0) is 28.5 Å². The minimum Gasteiger partial charge on any atom is -0.493 e. The molecule has 2 aliphatic rings. The van der Waals surface area contributed by atoms with Crippen molar-refractivity contribution in [1.29, 1.82) is 0 Å². The molecule has 4 atom stereocenters. The van der Waals surface area contributed by atoms with Gasteiger partial charge in [0.05, 0.1) is 56.8 Å². The Morgan fingerprint density at radius 1 is 0.483 bits per heavy atom. The summed E-state index contributed by atoms with van der Waals surface area (Å²) in [6.07, 6.45) is -1.22. The molecule has 2 saturated heterocycles. The number of hydrogen-bond acceptors (Lipinski definition) is 17. The highest BCUT2D eigenvalue weighted by Crippen LogP contribution is 2.35. The number of hydrogen-bond donors (Lipinski definition) is 0. The van der Waals surface area contributed by atoms with E-state index in [0.717, 1.165) is 12.2 Å². The van der Waals surface area contributed by atoms with Gasteiger partial charge in [0.1, 0.15) is 18.0 Å². The Morgan fingerprint density at radius 3 is 1.27 bits per heavy atom. The zero-order chi connectivity index (χ0) is 42.9. The van der Waals surface area contributed by atoms with Gasteiger partial charge in [-0.3, -0.25) is 0 Å². The van der Waals surface area contributed by atoms with Gasteiger partial charge in [-0.2, -0.15) is 0 Å². The molecule has 0 amide bonds. The first-order valence-corrected chi connectivity index (χ1v) is 17.9. The molecule has 60 heavy (non-hydrogen) atoms. The minimum atomic E-state index is -0.856. The quantitative estimate of drug-likeness (QED) is 0.0890. The summed E-state index contributed by atoms with van der Waals surface area (Å²) in [5, 5.41) is 0. The van der Waals surface area contributed by atoms with Gasteiger partial charge in [-0.05, 0) is 78.9 Å². The second-order valence-electron chi connectivity index (χ2n) is 12.6. The summed E-state index contributed by atoms with van der Waals surface area (Å²) in [6.45, 7) is 6.58. The number of carbonyl (C=O) groups is 6. The van der Waals surface area contributed by atoms with Gasteiger partial charge in [-0.15, -0.1) is 0 Å². The summed E-state index contributed by atoms with van der Waals surface area (Å²) < 4.78 is 60.2. The maximum atomic E-state index is 13.3. The van der Waals surface area contributed by atoms with E-state index in [1.54, 1.807) is 0 Å². The van der Waals surface area contributed by atoms with Crippen LogP contribution in [0.2, 0.25) is 0 Å². The largest absolute Gasteiger partial charge is 0.493 e. The van der Waals surface area contributed by atoms with E-state index in [0.29, 0.717) is 0 Å². The van der Waals surface area contributed by atoms with Crippen LogP contribution in [0, 0.1) is 0 Å². The molecule has 0 N–H and O–H groups in total. The fraction of sp³-hybridized carbons (Fsp3) is 0.209. The number of rotatable bonds is 15. The first kappa shape index (κ1) is 42.1. The smallest absolute Gasteiger partial charge is 0.343 e. The van der Waals surface area contributed by atoms with E-state index in [1.807, 2.05) is 0 Å². The van der Waals surface area contributed by atoms with Crippen molar-refractivity contribution in [3.8, 4) is 40.2 Å². The number of ether oxygens (including phenoxy) is 11. The van der Waals surface area contributed by atoms with Crippen molar-refractivity contribution in [1.82, 2.24) is 0 Å². The molecule has 2 heterocycles. The average molecular weight is 825 g/mol. The van der Waals surface area contributed by atoms with Crippen molar-refractivity contribution in [3.63, 3.8) is 0 Å². The molecule has 4 aromatic carbocycles. The summed E-state index contributed by atoms with van der Waals surface area (Å²) in [6, 6.07) is 17.9. The summed E-state index contributed by atoms with van der Waals surface area (Å²) in [4.78, 5) is 75.3. The molecular weight excluding hydrogens is 788 g/mol. The van der Waals surface area contributed by atoms with Crippen LogP contribution in [-0.4, -0.2) is 94.8 Å². The number of esters is 6. The standard InChI is InChI=1S/C43H36O17/c1-6-36(44)55-27-13-8-23(9-14-27)40(46)57-29-16-11-25(19-32(29)51-4)42(48)59-34-21-53-39-35(22-54-38(34)39)60-43(49)26-12-17-30(33(20-26)52-5)58-41(47)24-10-15-28(31(18-24)50-3)56-37(45)7-2/h6-20,34-35,38-39H,1-2,21-22H2,3-5H3. The van der Waals surface area contributed by atoms with Crippen LogP contribution in [0.1, 0.15) is 41.4 Å². The molecule has 2 fully saturated rings. The highest BCUT2D eigenvalue weighted by Gasteiger charge is 2.51. The van der Waals surface area contributed by atoms with E-state index < -0.39 is 60.2 Å². The predicted octanol–water partition coefficient (Wildman–Crippen LogP) is 4.88. The number of methoxy groups -OCH3 is 3. The topological polar surface area (TPSA) is 204 Å². The Bertz CT molecular complexity index is 2330. The highest BCUT2D eigenvalue weighted by atomic mass is 16.7. The lowest BCUT2D eigenvalue weighted by Crippen LogP contribution is -2.36. The number of fused-ring (bicyclic) bond motifs is 1. The van der Waals surface area contributed by atoms with Crippen molar-refractivity contribution < 1.29 is 80.9 Å². The van der Waals surface area contributed by atoms with Crippen molar-refractivity contribution in [2.75, 3.05) is 34.5 Å². The van der Waals surface area contributed by atoms with E-state index in [-0.39, 0.29) is 75.7 Å². The van der Waals surface area contributed by atoms with Gasteiger partial charge in [0.15, 0.2) is 46.7 Å². The Labute approximate surface area is 341 Å². The minimum absolute atomic E-state index is 0.00114. The van der Waals surface area contributed by atoms with Crippen LogP contribution in [0.4, 0.5) is 0 Å². The van der Waals surface area contributed by atoms with Crippen molar-refractivity contribution in [3.05, 3.63) is 126 Å². The molecule has 2 aliphatic heterocycles. The molecule has 4 aromatic rings. The Hall–Kier alpha value is -7.50. The molecule has 0 saturated carbocycles. The Morgan fingerprint density at radius 2 is 0.850 bits per heavy atom. The van der Waals surface area contributed by atoms with Crippen molar-refractivity contribution in [2.45, 2.75) is 24.4 Å². The highest BCUT2D eigenvalue weighted by molar-refractivity contribution is 5.95. The number of carbonyl (C=O) groups excluding carboxylic acids is 6. The molecule has 17 nitrogen and oxygen atoms in total. The van der Waals surface area contributed by atoms with Gasteiger partial charge >= 0.3 is 35.8 Å². The molecule has 0 aliphatic carbocycles. The van der Waals surface area contributed by atoms with Crippen molar-refractivity contribution in [2.24, 2.45) is 0 Å². The van der Waals surface area contributed by atoms with Gasteiger partial charge < -0.3 is 52.1 Å². The van der Waals surface area contributed by atoms with E-state index in [4.69, 9.17) is 52.1 Å². The summed E-state index contributed by atoms with van der Waals surface area (Å²) >= 11 is 0. The van der Waals surface area contributed by atoms with E-state index in [2.05, 4.69) is 13.2 Å². The number of benzene rings is 4. The third-order valence-electron chi connectivity index (χ3n) is 8.94. The van der Waals surface area contributed by atoms with E-state index in [9.17, 15) is 28.8 Å². The lowest BCUT2D eigenvalue weighted by Gasteiger charge is -2.18. The average Bonchev–Trinajstić information content (AvgIpc) is 3.86. The molecule has 310 valence electrons. The molecule has 0 radical (unpaired) electrons. The lowest BCUT2D eigenvalue weighted by molar-refractivity contribution is -0.129. The van der Waals surface area contributed by atoms with Gasteiger partial charge in [0.25, 0.3) is 0 Å². The first-order valence-electron chi connectivity index (χ1n) is 17.9. The van der Waals surface area contributed by atoms with Crippen LogP contribution in [0.5, 0.6) is 40.2 Å². The lowest BCUT2D eigenvalue weighted by atomic mass is 10.1. The second kappa shape index (κ2) is 18.8. The van der Waals surface area contributed by atoms with Gasteiger partial charge in [-0.25, -0.2) is 28.8 Å². The predicted molar refractivity (Wildman–Crippen MR) is 205 cm³/mol. The SMILES string of the molecule is C=CC(=O)Oc1ccc(C(=O)Oc2ccc(C(=O)OC3COC4C(OC(=O)c5ccc(OC(=O)c6ccc(OC(=O)C=C)c(OC)c6)c(OC)c5)COC34)cc2OC)cc1. The molecule has 0 aromatic heterocycles. The van der Waals surface area contributed by atoms with E-state index >= 15 is 0 Å². The third kappa shape index (κ3) is 9.61. The molecular formula is C43H36O17. The van der Waals surface area contributed by atoms with Crippen LogP contribution in [0.3, 0.4) is 0 Å². The van der Waals surface area contributed by atoms with Crippen LogP contribution in [0.25, 0.3) is 0 Å². The second-order valence-corrected chi connectivity index (χ2v) is 12.6. The van der Waals surface area contributed by atoms with Crippen LogP contribution in [0.15, 0.2) is 104 Å².